The maximum Gasteiger partial charge on any atom is 0.472 e. The summed E-state index contributed by atoms with van der Waals surface area (Å²) in [6, 6.07) is 0. The van der Waals surface area contributed by atoms with Gasteiger partial charge in [-0.15, -0.1) is 0 Å². The van der Waals surface area contributed by atoms with Crippen LogP contribution in [-0.2, 0) is 13.6 Å². The van der Waals surface area contributed by atoms with Gasteiger partial charge < -0.3 is 4.89 Å². The third-order valence-corrected chi connectivity index (χ3v) is 2.08. The van der Waals surface area contributed by atoms with Crippen LogP contribution in [0, 0.1) is 0 Å². The maximum atomic E-state index is 11.5. The fraction of sp³-hybridized carbons (Fsp3) is 1.00. The largest absolute Gasteiger partial charge is 0.472 e. The lowest BCUT2D eigenvalue weighted by atomic mass is 10.5. The molecule has 0 aromatic carbocycles. The molecule has 13 heavy (non-hydrogen) atoms. The maximum absolute atomic E-state index is 11.5. The first kappa shape index (κ1) is 13.0. The monoisotopic (exact) mass is 218 g/mol. The molecule has 0 radical (unpaired) electrons. The minimum Gasteiger partial charge on any atom is -0.302 e. The van der Waals surface area contributed by atoms with Gasteiger partial charge >= 0.3 is 7.82 Å². The Morgan fingerprint density at radius 1 is 1.08 bits per heavy atom. The van der Waals surface area contributed by atoms with Crippen LogP contribution in [0.2, 0.25) is 0 Å². The fourth-order valence-corrected chi connectivity index (χ4v) is 1.30. The van der Waals surface area contributed by atoms with Crippen LogP contribution in [0.25, 0.3) is 0 Å². The first-order valence-corrected chi connectivity index (χ1v) is 5.36. The number of phosphoric ester groups is 1. The highest BCUT2D eigenvalue weighted by molar-refractivity contribution is 7.47. The van der Waals surface area contributed by atoms with Gasteiger partial charge in [-0.25, -0.2) is 4.57 Å². The number of rotatable bonds is 8. The zero-order valence-corrected chi connectivity index (χ0v) is 8.01. The van der Waals surface area contributed by atoms with Crippen LogP contribution in [0.3, 0.4) is 0 Å². The van der Waals surface area contributed by atoms with Gasteiger partial charge in [0.05, 0.1) is 26.6 Å². The molecule has 0 atom stereocenters. The summed E-state index contributed by atoms with van der Waals surface area (Å²) in [6.45, 7) is -1.60. The highest BCUT2D eigenvalue weighted by atomic mass is 31.2. The molecular formula is C6H13F2O4P. The van der Waals surface area contributed by atoms with Crippen molar-refractivity contribution in [3.63, 3.8) is 0 Å². The van der Waals surface area contributed by atoms with Crippen molar-refractivity contribution in [3.05, 3.63) is 0 Å². The lowest BCUT2D eigenvalue weighted by Gasteiger charge is -2.10. The van der Waals surface area contributed by atoms with Gasteiger partial charge in [0.2, 0.25) is 0 Å². The van der Waals surface area contributed by atoms with Crippen LogP contribution >= 0.6 is 7.82 Å². The summed E-state index contributed by atoms with van der Waals surface area (Å²) in [4.78, 5) is 8.83. The Morgan fingerprint density at radius 2 is 1.46 bits per heavy atom. The molecule has 0 aliphatic rings. The average Bonchev–Trinajstić information content (AvgIpc) is 2.05. The number of hydrogen-bond acceptors (Lipinski definition) is 3. The first-order chi connectivity index (χ1) is 6.12. The molecule has 0 unspecified atom stereocenters. The van der Waals surface area contributed by atoms with Gasteiger partial charge in [0.15, 0.2) is 0 Å². The summed E-state index contributed by atoms with van der Waals surface area (Å²) >= 11 is 0. The van der Waals surface area contributed by atoms with E-state index < -0.39 is 21.2 Å². The molecule has 1 N–H and O–H groups in total. The molecule has 0 fully saturated rings. The van der Waals surface area contributed by atoms with Crippen LogP contribution in [0.5, 0.6) is 0 Å². The second-order valence-electron chi connectivity index (χ2n) is 2.22. The van der Waals surface area contributed by atoms with Crippen LogP contribution in [0.1, 0.15) is 12.8 Å². The van der Waals surface area contributed by atoms with Gasteiger partial charge in [-0.2, -0.15) is 0 Å². The Kier molecular flexibility index (Phi) is 7.36. The lowest BCUT2D eigenvalue weighted by molar-refractivity contribution is 0.142. The second-order valence-corrected chi connectivity index (χ2v) is 3.67. The third-order valence-electron chi connectivity index (χ3n) is 1.06. The fourth-order valence-electron chi connectivity index (χ4n) is 0.506. The number of alkyl halides is 2. The van der Waals surface area contributed by atoms with Crippen LogP contribution < -0.4 is 0 Å². The highest BCUT2D eigenvalue weighted by Gasteiger charge is 2.19. The van der Waals surface area contributed by atoms with Crippen LogP contribution in [0.4, 0.5) is 8.78 Å². The van der Waals surface area contributed by atoms with E-state index in [1.807, 2.05) is 0 Å². The van der Waals surface area contributed by atoms with E-state index in [1.165, 1.54) is 0 Å². The Morgan fingerprint density at radius 3 is 1.77 bits per heavy atom. The molecule has 0 bridgehead atoms. The second kappa shape index (κ2) is 7.38. The minimum atomic E-state index is -4.09. The number of hydrogen-bond donors (Lipinski definition) is 1. The van der Waals surface area contributed by atoms with E-state index in [1.54, 1.807) is 0 Å². The van der Waals surface area contributed by atoms with E-state index in [0.717, 1.165) is 0 Å². The molecule has 80 valence electrons. The Hall–Kier alpha value is -0.0300. The van der Waals surface area contributed by atoms with Crippen molar-refractivity contribution in [2.24, 2.45) is 0 Å². The van der Waals surface area contributed by atoms with Crippen molar-refractivity contribution in [1.82, 2.24) is 0 Å². The summed E-state index contributed by atoms with van der Waals surface area (Å²) in [6.07, 6.45) is 0.0774. The molecule has 0 saturated carbocycles. The van der Waals surface area contributed by atoms with E-state index in [0.29, 0.717) is 0 Å². The van der Waals surface area contributed by atoms with Crippen LogP contribution in [-0.4, -0.2) is 31.5 Å². The van der Waals surface area contributed by atoms with Gasteiger partial charge in [-0.05, 0) is 12.8 Å². The van der Waals surface area contributed by atoms with Crippen molar-refractivity contribution in [3.8, 4) is 0 Å². The van der Waals surface area contributed by atoms with Crippen LogP contribution in [0.15, 0.2) is 0 Å². The smallest absolute Gasteiger partial charge is 0.302 e. The molecule has 0 spiro atoms. The molecule has 0 aromatic rings. The Balaban J connectivity index is 3.49. The summed E-state index contributed by atoms with van der Waals surface area (Å²) in [5.41, 5.74) is 0. The molecule has 0 rings (SSSR count). The zero-order valence-electron chi connectivity index (χ0n) is 7.12. The van der Waals surface area contributed by atoms with Gasteiger partial charge in [-0.3, -0.25) is 17.8 Å². The first-order valence-electron chi connectivity index (χ1n) is 3.86. The summed E-state index contributed by atoms with van der Waals surface area (Å²) in [5, 5.41) is 0. The van der Waals surface area contributed by atoms with Gasteiger partial charge in [0.25, 0.3) is 0 Å². The quantitative estimate of drug-likeness (QED) is 0.498. The van der Waals surface area contributed by atoms with Crippen molar-refractivity contribution >= 4 is 7.82 Å². The zero-order chi connectivity index (χ0) is 10.2. The molecule has 0 saturated heterocycles. The molecule has 4 nitrogen and oxygen atoms in total. The minimum absolute atomic E-state index is 0.0387. The molecule has 0 aliphatic heterocycles. The topological polar surface area (TPSA) is 55.8 Å². The lowest BCUT2D eigenvalue weighted by Crippen LogP contribution is -1.99. The number of phosphoric acid groups is 1. The normalized spacial score (nSPS) is 11.9. The van der Waals surface area contributed by atoms with E-state index in [9.17, 15) is 13.3 Å². The predicted octanol–water partition coefficient (Wildman–Crippen LogP) is 1.84. The molecule has 0 heterocycles. The Bertz CT molecular complexity index is 153. The van der Waals surface area contributed by atoms with Crippen molar-refractivity contribution in [2.45, 2.75) is 12.8 Å². The Labute approximate surface area is 75.5 Å². The predicted molar refractivity (Wildman–Crippen MR) is 42.9 cm³/mol. The molecule has 0 aliphatic carbocycles. The van der Waals surface area contributed by atoms with Crippen molar-refractivity contribution in [2.75, 3.05) is 26.6 Å². The van der Waals surface area contributed by atoms with E-state index >= 15 is 0 Å². The van der Waals surface area contributed by atoms with E-state index in [2.05, 4.69) is 9.05 Å². The summed E-state index contributed by atoms with van der Waals surface area (Å²) < 4.78 is 42.6. The van der Waals surface area contributed by atoms with Gasteiger partial charge in [-0.1, -0.05) is 0 Å². The standard InChI is InChI=1S/C6H13F2O4P/c7-3-1-5-11-13(9,10)12-6-2-4-8/h1-6H2,(H,9,10). The summed E-state index contributed by atoms with van der Waals surface area (Å²) in [7, 11) is -4.09. The number of halogens is 2. The SMILES string of the molecule is O=P(O)(OCCCF)OCCCF. The van der Waals surface area contributed by atoms with Gasteiger partial charge in [0.1, 0.15) is 0 Å². The van der Waals surface area contributed by atoms with Crippen molar-refractivity contribution < 1.29 is 27.3 Å². The van der Waals surface area contributed by atoms with E-state index in [4.69, 9.17) is 4.89 Å². The average molecular weight is 218 g/mol. The molecule has 0 aromatic heterocycles. The summed E-state index contributed by atoms with van der Waals surface area (Å²) in [5.74, 6) is 0. The molecule has 7 heteroatoms. The van der Waals surface area contributed by atoms with Crippen molar-refractivity contribution in [1.29, 1.82) is 0 Å². The molecule has 0 amide bonds. The van der Waals surface area contributed by atoms with Gasteiger partial charge in [0, 0.05) is 0 Å². The molecular weight excluding hydrogens is 205 g/mol. The third kappa shape index (κ3) is 8.30. The highest BCUT2D eigenvalue weighted by Crippen LogP contribution is 2.43. The van der Waals surface area contributed by atoms with E-state index in [-0.39, 0.29) is 26.1 Å².